The summed E-state index contributed by atoms with van der Waals surface area (Å²) in [6, 6.07) is 7.86. The summed E-state index contributed by atoms with van der Waals surface area (Å²) >= 11 is 1.58. The SMILES string of the molecule is COc1ccc(C(C)N)cc1CSc1ncccn1. The molecule has 1 atom stereocenters. The van der Waals surface area contributed by atoms with E-state index in [1.165, 1.54) is 0 Å². The molecule has 0 amide bonds. The number of hydrogen-bond acceptors (Lipinski definition) is 5. The first-order valence-electron chi connectivity index (χ1n) is 6.03. The zero-order valence-corrected chi connectivity index (χ0v) is 11.9. The summed E-state index contributed by atoms with van der Waals surface area (Å²) in [6.45, 7) is 1.97. The second-order valence-corrected chi connectivity index (χ2v) is 5.12. The van der Waals surface area contributed by atoms with Crippen LogP contribution in [-0.2, 0) is 5.75 Å². The van der Waals surface area contributed by atoms with Gasteiger partial charge in [-0.05, 0) is 30.7 Å². The molecule has 0 saturated carbocycles. The van der Waals surface area contributed by atoms with Crippen molar-refractivity contribution in [2.45, 2.75) is 23.9 Å². The summed E-state index contributed by atoms with van der Waals surface area (Å²) < 4.78 is 5.37. The minimum atomic E-state index is 0.0163. The van der Waals surface area contributed by atoms with Crippen molar-refractivity contribution in [3.63, 3.8) is 0 Å². The predicted molar refractivity (Wildman–Crippen MR) is 77.2 cm³/mol. The van der Waals surface area contributed by atoms with Gasteiger partial charge in [0, 0.05) is 29.8 Å². The second-order valence-electron chi connectivity index (χ2n) is 4.18. The lowest BCUT2D eigenvalue weighted by molar-refractivity contribution is 0.411. The molecule has 2 N–H and O–H groups in total. The van der Waals surface area contributed by atoms with Crippen molar-refractivity contribution in [3.05, 3.63) is 47.8 Å². The lowest BCUT2D eigenvalue weighted by atomic mass is 10.1. The maximum Gasteiger partial charge on any atom is 0.187 e. The van der Waals surface area contributed by atoms with E-state index in [1.807, 2.05) is 19.1 Å². The first kappa shape index (κ1) is 13.8. The molecule has 0 aliphatic carbocycles. The molecule has 0 radical (unpaired) electrons. The Morgan fingerprint density at radius 2 is 2.05 bits per heavy atom. The van der Waals surface area contributed by atoms with Crippen molar-refractivity contribution < 1.29 is 4.74 Å². The quantitative estimate of drug-likeness (QED) is 0.671. The van der Waals surface area contributed by atoms with Crippen LogP contribution in [-0.4, -0.2) is 17.1 Å². The first-order valence-corrected chi connectivity index (χ1v) is 7.01. The van der Waals surface area contributed by atoms with Gasteiger partial charge in [0.25, 0.3) is 0 Å². The molecule has 0 saturated heterocycles. The van der Waals surface area contributed by atoms with Crippen LogP contribution < -0.4 is 10.5 Å². The van der Waals surface area contributed by atoms with Gasteiger partial charge in [0.05, 0.1) is 7.11 Å². The van der Waals surface area contributed by atoms with Gasteiger partial charge in [0.15, 0.2) is 5.16 Å². The molecule has 2 aromatic rings. The molecule has 19 heavy (non-hydrogen) atoms. The number of methoxy groups -OCH3 is 1. The van der Waals surface area contributed by atoms with E-state index in [1.54, 1.807) is 37.3 Å². The molecule has 1 aromatic carbocycles. The summed E-state index contributed by atoms with van der Waals surface area (Å²) in [5, 5.41) is 0.760. The molecule has 0 fully saturated rings. The highest BCUT2D eigenvalue weighted by atomic mass is 32.2. The molecule has 4 nitrogen and oxygen atoms in total. The van der Waals surface area contributed by atoms with Crippen molar-refractivity contribution in [2.24, 2.45) is 5.73 Å². The van der Waals surface area contributed by atoms with E-state index in [4.69, 9.17) is 10.5 Å². The molecule has 100 valence electrons. The molecule has 1 aromatic heterocycles. The molecular weight excluding hydrogens is 258 g/mol. The Balaban J connectivity index is 2.16. The van der Waals surface area contributed by atoms with Crippen molar-refractivity contribution in [3.8, 4) is 5.75 Å². The Hall–Kier alpha value is -1.59. The number of nitrogens with two attached hydrogens (primary N) is 1. The summed E-state index contributed by atoms with van der Waals surface area (Å²) in [6.07, 6.45) is 3.48. The molecule has 0 spiro atoms. The Morgan fingerprint density at radius 1 is 1.32 bits per heavy atom. The molecule has 1 unspecified atom stereocenters. The average Bonchev–Trinajstić information content (AvgIpc) is 2.45. The van der Waals surface area contributed by atoms with E-state index >= 15 is 0 Å². The molecular formula is C14H17N3OS. The van der Waals surface area contributed by atoms with E-state index in [9.17, 15) is 0 Å². The highest BCUT2D eigenvalue weighted by Gasteiger charge is 2.08. The van der Waals surface area contributed by atoms with Gasteiger partial charge >= 0.3 is 0 Å². The number of thioether (sulfide) groups is 1. The van der Waals surface area contributed by atoms with E-state index in [0.717, 1.165) is 27.8 Å². The van der Waals surface area contributed by atoms with Gasteiger partial charge in [0.1, 0.15) is 5.75 Å². The van der Waals surface area contributed by atoms with E-state index < -0.39 is 0 Å². The topological polar surface area (TPSA) is 61.0 Å². The summed E-state index contributed by atoms with van der Waals surface area (Å²) in [4.78, 5) is 8.39. The number of hydrogen-bond donors (Lipinski definition) is 1. The highest BCUT2D eigenvalue weighted by molar-refractivity contribution is 7.98. The fraction of sp³-hybridized carbons (Fsp3) is 0.286. The molecule has 0 aliphatic heterocycles. The third-order valence-electron chi connectivity index (χ3n) is 2.73. The number of rotatable bonds is 5. The third-order valence-corrected chi connectivity index (χ3v) is 3.65. The van der Waals surface area contributed by atoms with Crippen molar-refractivity contribution >= 4 is 11.8 Å². The molecule has 5 heteroatoms. The number of aromatic nitrogens is 2. The maximum atomic E-state index is 5.91. The van der Waals surface area contributed by atoms with Gasteiger partial charge in [-0.25, -0.2) is 9.97 Å². The Morgan fingerprint density at radius 3 is 2.68 bits per heavy atom. The number of benzene rings is 1. The Labute approximate surface area is 117 Å². The first-order chi connectivity index (χ1) is 9.20. The van der Waals surface area contributed by atoms with Gasteiger partial charge in [-0.3, -0.25) is 0 Å². The van der Waals surface area contributed by atoms with Crippen LogP contribution in [0.5, 0.6) is 5.75 Å². The summed E-state index contributed by atoms with van der Waals surface area (Å²) in [5.41, 5.74) is 8.12. The molecule has 0 aliphatic rings. The summed E-state index contributed by atoms with van der Waals surface area (Å²) in [7, 11) is 1.67. The smallest absolute Gasteiger partial charge is 0.187 e. The van der Waals surface area contributed by atoms with Crippen molar-refractivity contribution in [1.29, 1.82) is 0 Å². The zero-order valence-electron chi connectivity index (χ0n) is 11.0. The normalized spacial score (nSPS) is 12.2. The van der Waals surface area contributed by atoms with Crippen LogP contribution in [0.4, 0.5) is 0 Å². The highest BCUT2D eigenvalue weighted by Crippen LogP contribution is 2.28. The van der Waals surface area contributed by atoms with E-state index in [0.29, 0.717) is 0 Å². The second kappa shape index (κ2) is 6.54. The zero-order chi connectivity index (χ0) is 13.7. The fourth-order valence-corrected chi connectivity index (χ4v) is 2.48. The van der Waals surface area contributed by atoms with Crippen molar-refractivity contribution in [1.82, 2.24) is 9.97 Å². The fourth-order valence-electron chi connectivity index (χ4n) is 1.70. The minimum Gasteiger partial charge on any atom is -0.496 e. The molecule has 2 rings (SSSR count). The maximum absolute atomic E-state index is 5.91. The van der Waals surface area contributed by atoms with Crippen LogP contribution >= 0.6 is 11.8 Å². The van der Waals surface area contributed by atoms with Crippen LogP contribution in [0.2, 0.25) is 0 Å². The van der Waals surface area contributed by atoms with E-state index in [2.05, 4.69) is 16.0 Å². The number of nitrogens with zero attached hydrogens (tertiary/aromatic N) is 2. The largest absolute Gasteiger partial charge is 0.496 e. The van der Waals surface area contributed by atoms with Crippen LogP contribution in [0.15, 0.2) is 41.8 Å². The summed E-state index contributed by atoms with van der Waals surface area (Å²) in [5.74, 6) is 1.63. The van der Waals surface area contributed by atoms with Gasteiger partial charge in [-0.2, -0.15) is 0 Å². The van der Waals surface area contributed by atoms with Gasteiger partial charge < -0.3 is 10.5 Å². The minimum absolute atomic E-state index is 0.0163. The van der Waals surface area contributed by atoms with Crippen LogP contribution in [0, 0.1) is 0 Å². The van der Waals surface area contributed by atoms with E-state index in [-0.39, 0.29) is 6.04 Å². The standard InChI is InChI=1S/C14H17N3OS/c1-10(15)11-4-5-13(18-2)12(8-11)9-19-14-16-6-3-7-17-14/h3-8,10H,9,15H2,1-2H3. The van der Waals surface area contributed by atoms with Crippen LogP contribution in [0.3, 0.4) is 0 Å². The third kappa shape index (κ3) is 3.68. The molecule has 0 bridgehead atoms. The Kier molecular flexibility index (Phi) is 4.76. The van der Waals surface area contributed by atoms with Crippen LogP contribution in [0.25, 0.3) is 0 Å². The molecule has 1 heterocycles. The van der Waals surface area contributed by atoms with Gasteiger partial charge in [0.2, 0.25) is 0 Å². The number of ether oxygens (including phenoxy) is 1. The lowest BCUT2D eigenvalue weighted by Gasteiger charge is -2.12. The van der Waals surface area contributed by atoms with Gasteiger partial charge in [-0.1, -0.05) is 17.8 Å². The Bertz CT molecular complexity index is 531. The van der Waals surface area contributed by atoms with Crippen LogP contribution in [0.1, 0.15) is 24.1 Å². The van der Waals surface area contributed by atoms with Crippen molar-refractivity contribution in [2.75, 3.05) is 7.11 Å². The predicted octanol–water partition coefficient (Wildman–Crippen LogP) is 2.80. The average molecular weight is 275 g/mol. The lowest BCUT2D eigenvalue weighted by Crippen LogP contribution is -2.05. The van der Waals surface area contributed by atoms with Gasteiger partial charge in [-0.15, -0.1) is 0 Å². The monoisotopic (exact) mass is 275 g/mol.